The highest BCUT2D eigenvalue weighted by Crippen LogP contribution is 2.25. The van der Waals surface area contributed by atoms with E-state index in [1.54, 1.807) is 23.1 Å². The van der Waals surface area contributed by atoms with Crippen molar-refractivity contribution in [1.82, 2.24) is 5.32 Å². The lowest BCUT2D eigenvalue weighted by Gasteiger charge is -2.27. The first-order valence-corrected chi connectivity index (χ1v) is 11.9. The zero-order valence-corrected chi connectivity index (χ0v) is 20.4. The van der Waals surface area contributed by atoms with Crippen LogP contribution in [0.1, 0.15) is 31.7 Å². The first-order valence-electron chi connectivity index (χ1n) is 11.9. The number of benzene rings is 2. The fourth-order valence-electron chi connectivity index (χ4n) is 3.83. The molecule has 0 bridgehead atoms. The minimum atomic E-state index is -0.548. The van der Waals surface area contributed by atoms with E-state index < -0.39 is 22.8 Å². The smallest absolute Gasteiger partial charge is 0.307 e. The molecule has 1 unspecified atom stereocenters. The quantitative estimate of drug-likeness (QED) is 0.116. The third-order valence-corrected chi connectivity index (χ3v) is 5.83. The summed E-state index contributed by atoms with van der Waals surface area (Å²) in [7, 11) is 0. The fraction of sp³-hybridized carbons (Fsp3) is 0.269. The zero-order chi connectivity index (χ0) is 26.8. The zero-order valence-electron chi connectivity index (χ0n) is 20.4. The van der Waals surface area contributed by atoms with Crippen LogP contribution in [0.5, 0.6) is 0 Å². The SMILES string of the molecule is CCCCc1ccc(N(CC2C=CC(C(=O)NC(=N)N=N)=CC2)C(=O)Nc2cccc([N+](=O)[O-])c2)cc1. The Labute approximate surface area is 214 Å². The topological polar surface area (TPSA) is 165 Å². The molecule has 3 amide bonds. The molecule has 3 rings (SSSR count). The van der Waals surface area contributed by atoms with Crippen LogP contribution in [-0.2, 0) is 11.2 Å². The Hall–Kier alpha value is -4.67. The van der Waals surface area contributed by atoms with Gasteiger partial charge in [0, 0.05) is 35.6 Å². The van der Waals surface area contributed by atoms with Gasteiger partial charge in [-0.1, -0.05) is 49.8 Å². The van der Waals surface area contributed by atoms with E-state index in [0.717, 1.165) is 19.3 Å². The Kier molecular flexibility index (Phi) is 9.36. The standard InChI is InChI=1S/C26H29N7O4/c1-2-3-5-18-10-14-22(15-11-18)32(26(35)29-21-6-4-7-23(16-21)33(36)37)17-19-8-12-20(13-9-19)24(34)30-25(27)31-28/h4,6-8,10-16,19,28H,2-3,5,9,17H2,1H3,(H,29,35)(H2,27,30,34). The van der Waals surface area contributed by atoms with E-state index in [-0.39, 0.29) is 11.6 Å². The molecule has 2 aromatic carbocycles. The lowest BCUT2D eigenvalue weighted by Crippen LogP contribution is -2.38. The number of hydrogen-bond donors (Lipinski definition) is 4. The summed E-state index contributed by atoms with van der Waals surface area (Å²) in [6, 6.07) is 13.1. The van der Waals surface area contributed by atoms with Gasteiger partial charge in [0.2, 0.25) is 5.96 Å². The molecule has 0 saturated carbocycles. The van der Waals surface area contributed by atoms with Gasteiger partial charge >= 0.3 is 6.03 Å². The van der Waals surface area contributed by atoms with Crippen LogP contribution < -0.4 is 15.5 Å². The van der Waals surface area contributed by atoms with Gasteiger partial charge in [-0.25, -0.2) is 10.3 Å². The van der Waals surface area contributed by atoms with Crippen molar-refractivity contribution in [1.29, 1.82) is 10.9 Å². The maximum absolute atomic E-state index is 13.3. The molecule has 192 valence electrons. The molecule has 11 nitrogen and oxygen atoms in total. The lowest BCUT2D eigenvalue weighted by atomic mass is 9.95. The van der Waals surface area contributed by atoms with Gasteiger partial charge in [-0.05, 0) is 48.9 Å². The van der Waals surface area contributed by atoms with E-state index in [4.69, 9.17) is 10.9 Å². The van der Waals surface area contributed by atoms with Gasteiger partial charge in [-0.3, -0.25) is 30.5 Å². The largest absolute Gasteiger partial charge is 0.326 e. The second-order valence-corrected chi connectivity index (χ2v) is 8.55. The number of nitrogens with zero attached hydrogens (tertiary/aromatic N) is 3. The van der Waals surface area contributed by atoms with Gasteiger partial charge in [0.1, 0.15) is 0 Å². The maximum atomic E-state index is 13.3. The van der Waals surface area contributed by atoms with Crippen LogP contribution >= 0.6 is 0 Å². The van der Waals surface area contributed by atoms with E-state index in [1.807, 2.05) is 30.3 Å². The van der Waals surface area contributed by atoms with Crippen molar-refractivity contribution in [3.8, 4) is 0 Å². The minimum absolute atomic E-state index is 0.104. The third-order valence-electron chi connectivity index (χ3n) is 5.83. The highest BCUT2D eigenvalue weighted by molar-refractivity contribution is 6.06. The summed E-state index contributed by atoms with van der Waals surface area (Å²) in [5.41, 5.74) is 9.16. The summed E-state index contributed by atoms with van der Waals surface area (Å²) < 4.78 is 0. The van der Waals surface area contributed by atoms with Crippen molar-refractivity contribution in [2.24, 2.45) is 11.0 Å². The van der Waals surface area contributed by atoms with Gasteiger partial charge in [0.25, 0.3) is 11.6 Å². The molecule has 4 N–H and O–H groups in total. The maximum Gasteiger partial charge on any atom is 0.326 e. The number of amides is 3. The number of urea groups is 1. The van der Waals surface area contributed by atoms with Crippen molar-refractivity contribution >= 4 is 35.0 Å². The van der Waals surface area contributed by atoms with Crippen LogP contribution in [-0.4, -0.2) is 29.4 Å². The Balaban J connectivity index is 1.78. The van der Waals surface area contributed by atoms with Crippen molar-refractivity contribution in [2.75, 3.05) is 16.8 Å². The second kappa shape index (κ2) is 12.9. The molecule has 0 aromatic heterocycles. The number of hydrogen-bond acceptors (Lipinski definition) is 6. The van der Waals surface area contributed by atoms with E-state index in [9.17, 15) is 19.7 Å². The highest BCUT2D eigenvalue weighted by Gasteiger charge is 2.22. The van der Waals surface area contributed by atoms with Crippen molar-refractivity contribution in [2.45, 2.75) is 32.6 Å². The average Bonchev–Trinajstić information content (AvgIpc) is 2.91. The summed E-state index contributed by atoms with van der Waals surface area (Å²) in [6.45, 7) is 2.43. The normalized spacial score (nSPS) is 14.3. The molecular formula is C26H29N7O4. The number of rotatable bonds is 9. The molecule has 1 aliphatic rings. The summed E-state index contributed by atoms with van der Waals surface area (Å²) in [5, 5.41) is 26.3. The van der Waals surface area contributed by atoms with Crippen LogP contribution in [0.2, 0.25) is 0 Å². The summed E-state index contributed by atoms with van der Waals surface area (Å²) >= 11 is 0. The van der Waals surface area contributed by atoms with Crippen LogP contribution in [0, 0.1) is 27.0 Å². The fourth-order valence-corrected chi connectivity index (χ4v) is 3.83. The van der Waals surface area contributed by atoms with E-state index >= 15 is 0 Å². The van der Waals surface area contributed by atoms with Crippen LogP contribution in [0.15, 0.2) is 77.4 Å². The van der Waals surface area contributed by atoms with Crippen LogP contribution in [0.4, 0.5) is 21.9 Å². The lowest BCUT2D eigenvalue weighted by molar-refractivity contribution is -0.384. The number of guanidine groups is 1. The number of carbonyl (C=O) groups is 2. The first kappa shape index (κ1) is 26.9. The number of anilines is 2. The Morgan fingerprint density at radius 2 is 1.97 bits per heavy atom. The molecular weight excluding hydrogens is 474 g/mol. The predicted octanol–water partition coefficient (Wildman–Crippen LogP) is 5.56. The monoisotopic (exact) mass is 503 g/mol. The minimum Gasteiger partial charge on any atom is -0.307 e. The molecule has 11 heteroatoms. The number of nitro groups is 1. The van der Waals surface area contributed by atoms with Gasteiger partial charge in [-0.2, -0.15) is 0 Å². The van der Waals surface area contributed by atoms with Crippen molar-refractivity contribution in [3.05, 3.63) is 88.0 Å². The van der Waals surface area contributed by atoms with Crippen LogP contribution in [0.3, 0.4) is 0 Å². The van der Waals surface area contributed by atoms with Crippen molar-refractivity contribution in [3.63, 3.8) is 0 Å². The van der Waals surface area contributed by atoms with Gasteiger partial charge < -0.3 is 5.32 Å². The number of nitrogens with one attached hydrogen (secondary N) is 4. The summed E-state index contributed by atoms with van der Waals surface area (Å²) in [5.74, 6) is -1.18. The Morgan fingerprint density at radius 1 is 1.22 bits per heavy atom. The molecule has 0 aliphatic heterocycles. The van der Waals surface area contributed by atoms with Gasteiger partial charge in [0.05, 0.1) is 4.92 Å². The molecule has 37 heavy (non-hydrogen) atoms. The molecule has 0 heterocycles. The number of allylic oxidation sites excluding steroid dienone is 1. The second-order valence-electron chi connectivity index (χ2n) is 8.55. The number of nitro benzene ring substituents is 1. The molecule has 2 aromatic rings. The summed E-state index contributed by atoms with van der Waals surface area (Å²) in [4.78, 5) is 37.7. The Morgan fingerprint density at radius 3 is 2.59 bits per heavy atom. The molecule has 0 spiro atoms. The van der Waals surface area contributed by atoms with Gasteiger partial charge in [-0.15, -0.1) is 5.11 Å². The molecule has 0 saturated heterocycles. The van der Waals surface area contributed by atoms with Crippen LogP contribution in [0.25, 0.3) is 0 Å². The predicted molar refractivity (Wildman–Crippen MR) is 141 cm³/mol. The van der Waals surface area contributed by atoms with E-state index in [1.165, 1.54) is 23.8 Å². The first-order chi connectivity index (χ1) is 17.8. The number of unbranched alkanes of at least 4 members (excludes halogenated alkanes) is 1. The summed E-state index contributed by atoms with van der Waals surface area (Å²) in [6.07, 6.45) is 8.72. The molecule has 1 atom stereocenters. The number of aryl methyl sites for hydroxylation is 1. The highest BCUT2D eigenvalue weighted by atomic mass is 16.6. The Bertz CT molecular complexity index is 1240. The number of carbonyl (C=O) groups excluding carboxylic acids is 2. The molecule has 1 aliphatic carbocycles. The van der Waals surface area contributed by atoms with Crippen molar-refractivity contribution < 1.29 is 14.5 Å². The third kappa shape index (κ3) is 7.66. The molecule has 0 radical (unpaired) electrons. The average molecular weight is 504 g/mol. The number of non-ortho nitro benzene ring substituents is 1. The van der Waals surface area contributed by atoms with Gasteiger partial charge in [0.15, 0.2) is 0 Å². The molecule has 0 fully saturated rings. The van der Waals surface area contributed by atoms with E-state index in [2.05, 4.69) is 22.7 Å². The van der Waals surface area contributed by atoms with E-state index in [0.29, 0.717) is 29.9 Å².